The SMILES string of the molecule is O=C(CN(CC1CCCO1)C(=O)c1cccc(Cl)c1)N(Cc1ccccc1)Cc1ccco1. The molecule has 6 nitrogen and oxygen atoms in total. The first-order chi connectivity index (χ1) is 16.1. The zero-order chi connectivity index (χ0) is 23.0. The van der Waals surface area contributed by atoms with Gasteiger partial charge in [0, 0.05) is 30.3 Å². The summed E-state index contributed by atoms with van der Waals surface area (Å²) in [4.78, 5) is 30.1. The van der Waals surface area contributed by atoms with Crippen molar-refractivity contribution in [2.45, 2.75) is 32.0 Å². The van der Waals surface area contributed by atoms with Crippen LogP contribution in [0.2, 0.25) is 5.02 Å². The van der Waals surface area contributed by atoms with Crippen LogP contribution in [0.1, 0.15) is 34.5 Å². The molecule has 1 unspecified atom stereocenters. The third-order valence-electron chi connectivity index (χ3n) is 5.63. The summed E-state index contributed by atoms with van der Waals surface area (Å²) in [6.07, 6.45) is 3.34. The molecule has 0 saturated carbocycles. The number of ether oxygens (including phenoxy) is 1. The molecule has 1 aromatic heterocycles. The van der Waals surface area contributed by atoms with Gasteiger partial charge >= 0.3 is 0 Å². The fraction of sp³-hybridized carbons (Fsp3) is 0.308. The first-order valence-electron chi connectivity index (χ1n) is 11.1. The highest BCUT2D eigenvalue weighted by Crippen LogP contribution is 2.18. The van der Waals surface area contributed by atoms with Crippen molar-refractivity contribution >= 4 is 23.4 Å². The molecule has 0 spiro atoms. The van der Waals surface area contributed by atoms with Gasteiger partial charge in [-0.15, -0.1) is 0 Å². The molecule has 1 aliphatic heterocycles. The van der Waals surface area contributed by atoms with Crippen LogP contribution in [0.25, 0.3) is 0 Å². The second kappa shape index (κ2) is 11.2. The van der Waals surface area contributed by atoms with Crippen molar-refractivity contribution in [2.75, 3.05) is 19.7 Å². The monoisotopic (exact) mass is 466 g/mol. The van der Waals surface area contributed by atoms with E-state index in [1.165, 1.54) is 0 Å². The van der Waals surface area contributed by atoms with Gasteiger partial charge in [0.2, 0.25) is 5.91 Å². The first kappa shape index (κ1) is 23.1. The summed E-state index contributed by atoms with van der Waals surface area (Å²) in [6, 6.07) is 20.2. The molecule has 2 heterocycles. The quantitative estimate of drug-likeness (QED) is 0.455. The number of hydrogen-bond acceptors (Lipinski definition) is 4. The van der Waals surface area contributed by atoms with Crippen LogP contribution in [-0.4, -0.2) is 47.4 Å². The maximum atomic E-state index is 13.5. The van der Waals surface area contributed by atoms with E-state index in [0.717, 1.165) is 18.4 Å². The molecule has 172 valence electrons. The van der Waals surface area contributed by atoms with Gasteiger partial charge in [-0.05, 0) is 48.7 Å². The van der Waals surface area contributed by atoms with Gasteiger partial charge in [-0.2, -0.15) is 0 Å². The number of nitrogens with zero attached hydrogens (tertiary/aromatic N) is 2. The first-order valence-corrected chi connectivity index (χ1v) is 11.5. The Morgan fingerprint density at radius 2 is 1.82 bits per heavy atom. The summed E-state index contributed by atoms with van der Waals surface area (Å²) in [5.74, 6) is 0.286. The lowest BCUT2D eigenvalue weighted by Crippen LogP contribution is -2.45. The summed E-state index contributed by atoms with van der Waals surface area (Å²) in [5, 5.41) is 0.479. The summed E-state index contributed by atoms with van der Waals surface area (Å²) >= 11 is 6.11. The van der Waals surface area contributed by atoms with E-state index < -0.39 is 0 Å². The molecule has 0 N–H and O–H groups in total. The van der Waals surface area contributed by atoms with Gasteiger partial charge in [0.15, 0.2) is 0 Å². The Labute approximate surface area is 198 Å². The fourth-order valence-electron chi connectivity index (χ4n) is 3.95. The van der Waals surface area contributed by atoms with Crippen LogP contribution in [0.15, 0.2) is 77.4 Å². The molecule has 2 aromatic carbocycles. The van der Waals surface area contributed by atoms with Crippen molar-refractivity contribution in [1.82, 2.24) is 9.80 Å². The van der Waals surface area contributed by atoms with Crippen LogP contribution in [0, 0.1) is 0 Å². The van der Waals surface area contributed by atoms with Crippen LogP contribution in [0.3, 0.4) is 0 Å². The highest BCUT2D eigenvalue weighted by atomic mass is 35.5. The molecule has 1 saturated heterocycles. The molecule has 1 atom stereocenters. The number of carbonyl (C=O) groups is 2. The number of rotatable bonds is 9. The lowest BCUT2D eigenvalue weighted by atomic mass is 10.1. The van der Waals surface area contributed by atoms with Crippen molar-refractivity contribution in [3.63, 3.8) is 0 Å². The molecule has 2 amide bonds. The number of furan rings is 1. The van der Waals surface area contributed by atoms with Crippen molar-refractivity contribution in [3.8, 4) is 0 Å². The van der Waals surface area contributed by atoms with Gasteiger partial charge in [-0.3, -0.25) is 9.59 Å². The van der Waals surface area contributed by atoms with E-state index in [4.69, 9.17) is 20.8 Å². The summed E-state index contributed by atoms with van der Waals surface area (Å²) in [5.41, 5.74) is 1.46. The van der Waals surface area contributed by atoms with E-state index in [9.17, 15) is 9.59 Å². The Bertz CT molecular complexity index is 1050. The Kier molecular flexibility index (Phi) is 7.81. The van der Waals surface area contributed by atoms with Crippen molar-refractivity contribution in [2.24, 2.45) is 0 Å². The highest BCUT2D eigenvalue weighted by Gasteiger charge is 2.27. The van der Waals surface area contributed by atoms with E-state index in [1.54, 1.807) is 46.4 Å². The van der Waals surface area contributed by atoms with E-state index in [-0.39, 0.29) is 24.5 Å². The van der Waals surface area contributed by atoms with Crippen LogP contribution >= 0.6 is 11.6 Å². The van der Waals surface area contributed by atoms with Crippen molar-refractivity contribution < 1.29 is 18.7 Å². The second-order valence-corrected chi connectivity index (χ2v) is 8.58. The third kappa shape index (κ3) is 6.46. The summed E-state index contributed by atoms with van der Waals surface area (Å²) < 4.78 is 11.2. The Morgan fingerprint density at radius 1 is 0.970 bits per heavy atom. The van der Waals surface area contributed by atoms with Crippen molar-refractivity contribution in [1.29, 1.82) is 0 Å². The molecule has 1 aliphatic rings. The Balaban J connectivity index is 1.54. The van der Waals surface area contributed by atoms with Crippen molar-refractivity contribution in [3.05, 3.63) is 94.9 Å². The zero-order valence-corrected chi connectivity index (χ0v) is 19.1. The maximum absolute atomic E-state index is 13.5. The zero-order valence-electron chi connectivity index (χ0n) is 18.4. The van der Waals surface area contributed by atoms with Gasteiger partial charge in [-0.25, -0.2) is 0 Å². The number of benzene rings is 2. The largest absolute Gasteiger partial charge is 0.467 e. The van der Waals surface area contributed by atoms with Crippen LogP contribution in [0.4, 0.5) is 0 Å². The smallest absolute Gasteiger partial charge is 0.254 e. The Hall–Kier alpha value is -3.09. The summed E-state index contributed by atoms with van der Waals surface area (Å²) in [6.45, 7) is 1.71. The molecular weight excluding hydrogens is 440 g/mol. The molecule has 4 rings (SSSR count). The number of hydrogen-bond donors (Lipinski definition) is 0. The highest BCUT2D eigenvalue weighted by molar-refractivity contribution is 6.31. The molecule has 1 fully saturated rings. The van der Waals surface area contributed by atoms with E-state index in [2.05, 4.69) is 0 Å². The molecular formula is C26H27ClN2O4. The minimum absolute atomic E-state index is 0.0568. The number of amides is 2. The van der Waals surface area contributed by atoms with E-state index in [1.807, 2.05) is 36.4 Å². The van der Waals surface area contributed by atoms with E-state index >= 15 is 0 Å². The average molecular weight is 467 g/mol. The van der Waals surface area contributed by atoms with Crippen LogP contribution < -0.4 is 0 Å². The van der Waals surface area contributed by atoms with Gasteiger partial charge in [0.25, 0.3) is 5.91 Å². The van der Waals surface area contributed by atoms with Crippen LogP contribution in [-0.2, 0) is 22.6 Å². The predicted molar refractivity (Wildman–Crippen MR) is 126 cm³/mol. The third-order valence-corrected chi connectivity index (χ3v) is 5.86. The van der Waals surface area contributed by atoms with Crippen LogP contribution in [0.5, 0.6) is 0 Å². The lowest BCUT2D eigenvalue weighted by molar-refractivity contribution is -0.133. The summed E-state index contributed by atoms with van der Waals surface area (Å²) in [7, 11) is 0. The molecule has 0 radical (unpaired) electrons. The van der Waals surface area contributed by atoms with Gasteiger partial charge in [0.1, 0.15) is 12.3 Å². The normalized spacial score (nSPS) is 15.4. The molecule has 7 heteroatoms. The van der Waals surface area contributed by atoms with E-state index in [0.29, 0.717) is 42.6 Å². The fourth-order valence-corrected chi connectivity index (χ4v) is 4.14. The average Bonchev–Trinajstić information content (AvgIpc) is 3.53. The maximum Gasteiger partial charge on any atom is 0.254 e. The predicted octanol–water partition coefficient (Wildman–Crippen LogP) is 4.78. The second-order valence-electron chi connectivity index (χ2n) is 8.15. The minimum atomic E-state index is -0.237. The van der Waals surface area contributed by atoms with Gasteiger partial charge in [-0.1, -0.05) is 48.0 Å². The molecule has 33 heavy (non-hydrogen) atoms. The van der Waals surface area contributed by atoms with Gasteiger partial charge < -0.3 is 19.0 Å². The number of carbonyl (C=O) groups excluding carboxylic acids is 2. The van der Waals surface area contributed by atoms with Gasteiger partial charge in [0.05, 0.1) is 18.9 Å². The molecule has 0 aliphatic carbocycles. The lowest BCUT2D eigenvalue weighted by Gasteiger charge is -2.29. The topological polar surface area (TPSA) is 63.0 Å². The Morgan fingerprint density at radius 3 is 2.52 bits per heavy atom. The minimum Gasteiger partial charge on any atom is -0.467 e. The molecule has 3 aromatic rings. The molecule has 0 bridgehead atoms. The standard InChI is InChI=1S/C26H27ClN2O4/c27-22-10-4-9-21(15-22)26(31)29(18-24-12-6-14-33-24)19-25(30)28(17-23-11-5-13-32-23)16-20-7-2-1-3-8-20/h1-5,7-11,13,15,24H,6,12,14,16-19H2. The number of halogens is 1.